The lowest BCUT2D eigenvalue weighted by Gasteiger charge is -2.30. The Kier molecular flexibility index (Phi) is 9.19. The summed E-state index contributed by atoms with van der Waals surface area (Å²) in [6.07, 6.45) is 1.92. The first-order valence-electron chi connectivity index (χ1n) is 10.3. The van der Waals surface area contributed by atoms with Crippen LogP contribution in [-0.2, 0) is 29.0 Å². The molecule has 4 nitrogen and oxygen atoms in total. The van der Waals surface area contributed by atoms with Crippen LogP contribution in [0.15, 0.2) is 42.5 Å². The highest BCUT2D eigenvalue weighted by molar-refractivity contribution is 6.35. The van der Waals surface area contributed by atoms with Crippen LogP contribution in [0, 0.1) is 0 Å². The van der Waals surface area contributed by atoms with Gasteiger partial charge in [0.05, 0.1) is 0 Å². The fourth-order valence-corrected chi connectivity index (χ4v) is 3.63. The van der Waals surface area contributed by atoms with Gasteiger partial charge in [-0.25, -0.2) is 0 Å². The molecule has 0 radical (unpaired) electrons. The van der Waals surface area contributed by atoms with E-state index in [2.05, 4.69) is 36.5 Å². The van der Waals surface area contributed by atoms with Crippen molar-refractivity contribution in [2.24, 2.45) is 0 Å². The van der Waals surface area contributed by atoms with Gasteiger partial charge < -0.3 is 10.2 Å². The number of nitrogens with one attached hydrogen (secondary N) is 1. The predicted molar refractivity (Wildman–Crippen MR) is 124 cm³/mol. The van der Waals surface area contributed by atoms with Gasteiger partial charge in [0.1, 0.15) is 6.04 Å². The standard InChI is InChI=1S/C24H30Cl2N2O2/c1-5-18-6-8-19(9-7-18)10-13-23(29)28(17(4)24(30)27-16(2)3)15-20-11-12-21(25)14-22(20)26/h6-9,11-12,14,16-17H,5,10,13,15H2,1-4H3,(H,27,30)/t17-/m1/s1. The summed E-state index contributed by atoms with van der Waals surface area (Å²) in [7, 11) is 0. The van der Waals surface area contributed by atoms with E-state index in [0.717, 1.165) is 17.5 Å². The van der Waals surface area contributed by atoms with Gasteiger partial charge in [0.2, 0.25) is 11.8 Å². The number of halogens is 2. The fourth-order valence-electron chi connectivity index (χ4n) is 3.16. The number of benzene rings is 2. The molecule has 0 spiro atoms. The van der Waals surface area contributed by atoms with Crippen LogP contribution in [-0.4, -0.2) is 28.8 Å². The highest BCUT2D eigenvalue weighted by atomic mass is 35.5. The number of hydrogen-bond acceptors (Lipinski definition) is 2. The summed E-state index contributed by atoms with van der Waals surface area (Å²) < 4.78 is 0. The highest BCUT2D eigenvalue weighted by Crippen LogP contribution is 2.23. The molecule has 0 aliphatic rings. The van der Waals surface area contributed by atoms with E-state index in [4.69, 9.17) is 23.2 Å². The van der Waals surface area contributed by atoms with Crippen molar-refractivity contribution in [1.29, 1.82) is 0 Å². The van der Waals surface area contributed by atoms with Gasteiger partial charge in [-0.3, -0.25) is 9.59 Å². The lowest BCUT2D eigenvalue weighted by atomic mass is 10.0. The molecule has 2 aromatic carbocycles. The molecule has 0 saturated carbocycles. The van der Waals surface area contributed by atoms with Gasteiger partial charge in [-0.1, -0.05) is 60.5 Å². The Morgan fingerprint density at radius 2 is 1.63 bits per heavy atom. The molecule has 0 aromatic heterocycles. The monoisotopic (exact) mass is 448 g/mol. The minimum absolute atomic E-state index is 0.00639. The molecular weight excluding hydrogens is 419 g/mol. The first kappa shape index (κ1) is 24.2. The van der Waals surface area contributed by atoms with Crippen LogP contribution in [0.5, 0.6) is 0 Å². The Morgan fingerprint density at radius 1 is 1.00 bits per heavy atom. The van der Waals surface area contributed by atoms with Crippen molar-refractivity contribution >= 4 is 35.0 Å². The summed E-state index contributed by atoms with van der Waals surface area (Å²) in [6, 6.07) is 12.8. The molecule has 2 aromatic rings. The molecule has 6 heteroatoms. The van der Waals surface area contributed by atoms with E-state index in [-0.39, 0.29) is 24.4 Å². The van der Waals surface area contributed by atoms with Gasteiger partial charge in [-0.05, 0) is 62.4 Å². The minimum Gasteiger partial charge on any atom is -0.352 e. The van der Waals surface area contributed by atoms with Crippen molar-refractivity contribution in [2.75, 3.05) is 0 Å². The summed E-state index contributed by atoms with van der Waals surface area (Å²) in [4.78, 5) is 27.3. The highest BCUT2D eigenvalue weighted by Gasteiger charge is 2.26. The van der Waals surface area contributed by atoms with Gasteiger partial charge >= 0.3 is 0 Å². The lowest BCUT2D eigenvalue weighted by molar-refractivity contribution is -0.140. The lowest BCUT2D eigenvalue weighted by Crippen LogP contribution is -2.49. The van der Waals surface area contributed by atoms with Crippen molar-refractivity contribution in [2.45, 2.75) is 65.6 Å². The zero-order valence-electron chi connectivity index (χ0n) is 18.0. The second-order valence-corrected chi connectivity index (χ2v) is 8.61. The number of carbonyl (C=O) groups is 2. The van der Waals surface area contributed by atoms with Gasteiger partial charge in [0, 0.05) is 29.1 Å². The second kappa shape index (κ2) is 11.4. The molecule has 0 heterocycles. The molecule has 0 aliphatic heterocycles. The van der Waals surface area contributed by atoms with Gasteiger partial charge in [0.25, 0.3) is 0 Å². The molecule has 2 amide bonds. The van der Waals surface area contributed by atoms with E-state index in [1.54, 1.807) is 30.0 Å². The average molecular weight is 449 g/mol. The molecule has 0 fully saturated rings. The molecular formula is C24H30Cl2N2O2. The Balaban J connectivity index is 2.17. The second-order valence-electron chi connectivity index (χ2n) is 7.77. The van der Waals surface area contributed by atoms with Gasteiger partial charge in [0.15, 0.2) is 0 Å². The van der Waals surface area contributed by atoms with Crippen molar-refractivity contribution in [3.8, 4) is 0 Å². The van der Waals surface area contributed by atoms with Crippen LogP contribution in [0.4, 0.5) is 0 Å². The maximum atomic E-state index is 13.1. The molecule has 1 atom stereocenters. The molecule has 1 N–H and O–H groups in total. The molecule has 0 saturated heterocycles. The quantitative estimate of drug-likeness (QED) is 0.555. The summed E-state index contributed by atoms with van der Waals surface area (Å²) in [6.45, 7) is 7.90. The number of amides is 2. The number of hydrogen-bond donors (Lipinski definition) is 1. The number of aryl methyl sites for hydroxylation is 2. The molecule has 0 unspecified atom stereocenters. The zero-order chi connectivity index (χ0) is 22.3. The molecule has 30 heavy (non-hydrogen) atoms. The summed E-state index contributed by atoms with van der Waals surface area (Å²) in [5.41, 5.74) is 3.12. The van der Waals surface area contributed by atoms with E-state index in [1.807, 2.05) is 13.8 Å². The number of nitrogens with zero attached hydrogens (tertiary/aromatic N) is 1. The van der Waals surface area contributed by atoms with Crippen LogP contribution >= 0.6 is 23.2 Å². The average Bonchev–Trinajstić information content (AvgIpc) is 2.71. The van der Waals surface area contributed by atoms with Crippen LogP contribution in [0.3, 0.4) is 0 Å². The number of rotatable bonds is 9. The normalized spacial score (nSPS) is 12.0. The molecule has 0 aliphatic carbocycles. The maximum Gasteiger partial charge on any atom is 0.242 e. The summed E-state index contributed by atoms with van der Waals surface area (Å²) >= 11 is 12.3. The Bertz CT molecular complexity index is 866. The Morgan fingerprint density at radius 3 is 2.20 bits per heavy atom. The summed E-state index contributed by atoms with van der Waals surface area (Å²) in [5, 5.41) is 3.90. The van der Waals surface area contributed by atoms with Gasteiger partial charge in [-0.15, -0.1) is 0 Å². The van der Waals surface area contributed by atoms with Crippen molar-refractivity contribution in [3.63, 3.8) is 0 Å². The maximum absolute atomic E-state index is 13.1. The van der Waals surface area contributed by atoms with E-state index in [0.29, 0.717) is 22.9 Å². The molecule has 2 rings (SSSR count). The Labute approximate surface area is 189 Å². The van der Waals surface area contributed by atoms with Crippen molar-refractivity contribution < 1.29 is 9.59 Å². The minimum atomic E-state index is -0.617. The fraction of sp³-hybridized carbons (Fsp3) is 0.417. The third-order valence-corrected chi connectivity index (χ3v) is 5.60. The van der Waals surface area contributed by atoms with E-state index in [1.165, 1.54) is 5.56 Å². The van der Waals surface area contributed by atoms with Crippen LogP contribution in [0.2, 0.25) is 10.0 Å². The molecule has 162 valence electrons. The SMILES string of the molecule is CCc1ccc(CCC(=O)N(Cc2ccc(Cl)cc2Cl)[C@H](C)C(=O)NC(C)C)cc1. The Hall–Kier alpha value is -2.04. The zero-order valence-corrected chi connectivity index (χ0v) is 19.6. The first-order chi connectivity index (χ1) is 14.2. The van der Waals surface area contributed by atoms with Crippen LogP contribution in [0.1, 0.15) is 50.8 Å². The summed E-state index contributed by atoms with van der Waals surface area (Å²) in [5.74, 6) is -0.275. The topological polar surface area (TPSA) is 49.4 Å². The van der Waals surface area contributed by atoms with Crippen molar-refractivity contribution in [1.82, 2.24) is 10.2 Å². The van der Waals surface area contributed by atoms with Gasteiger partial charge in [-0.2, -0.15) is 0 Å². The van der Waals surface area contributed by atoms with E-state index >= 15 is 0 Å². The smallest absolute Gasteiger partial charge is 0.242 e. The van der Waals surface area contributed by atoms with Crippen LogP contribution in [0.25, 0.3) is 0 Å². The molecule has 0 bridgehead atoms. The van der Waals surface area contributed by atoms with E-state index < -0.39 is 6.04 Å². The van der Waals surface area contributed by atoms with Crippen LogP contribution < -0.4 is 5.32 Å². The first-order valence-corrected chi connectivity index (χ1v) is 11.1. The third kappa shape index (κ3) is 7.03. The predicted octanol–water partition coefficient (Wildman–Crippen LogP) is 5.43. The van der Waals surface area contributed by atoms with E-state index in [9.17, 15) is 9.59 Å². The number of carbonyl (C=O) groups excluding carboxylic acids is 2. The third-order valence-electron chi connectivity index (χ3n) is 5.01. The van der Waals surface area contributed by atoms with Crippen molar-refractivity contribution in [3.05, 3.63) is 69.2 Å². The largest absolute Gasteiger partial charge is 0.352 e.